The predicted octanol–water partition coefficient (Wildman–Crippen LogP) is 2.42. The molecular weight excluding hydrogens is 252 g/mol. The molecule has 0 saturated carbocycles. The van der Waals surface area contributed by atoms with Crippen molar-refractivity contribution in [2.45, 2.75) is 71.4 Å². The van der Waals surface area contributed by atoms with Crippen molar-refractivity contribution >= 4 is 11.8 Å². The van der Waals surface area contributed by atoms with Gasteiger partial charge in [0, 0.05) is 12.6 Å². The molecular formula is C16H28N2O2. The van der Waals surface area contributed by atoms with Crippen LogP contribution in [0, 0.1) is 5.92 Å². The fourth-order valence-corrected chi connectivity index (χ4v) is 3.34. The summed E-state index contributed by atoms with van der Waals surface area (Å²) in [5.41, 5.74) is 0. The van der Waals surface area contributed by atoms with Crippen molar-refractivity contribution in [2.75, 3.05) is 13.1 Å². The van der Waals surface area contributed by atoms with Gasteiger partial charge in [-0.25, -0.2) is 0 Å². The summed E-state index contributed by atoms with van der Waals surface area (Å²) in [4.78, 5) is 28.4. The van der Waals surface area contributed by atoms with Crippen molar-refractivity contribution in [3.63, 3.8) is 0 Å². The first kappa shape index (κ1) is 15.3. The molecule has 114 valence electrons. The highest BCUT2D eigenvalue weighted by molar-refractivity contribution is 5.95. The van der Waals surface area contributed by atoms with Crippen molar-refractivity contribution in [3.05, 3.63) is 0 Å². The van der Waals surface area contributed by atoms with Crippen LogP contribution < -0.4 is 0 Å². The maximum Gasteiger partial charge on any atom is 0.246 e. The Balaban J connectivity index is 1.94. The molecule has 2 amide bonds. The quantitative estimate of drug-likeness (QED) is 0.776. The van der Waals surface area contributed by atoms with E-state index >= 15 is 0 Å². The number of piperidine rings is 1. The Bertz CT molecular complexity index is 367. The lowest BCUT2D eigenvalue weighted by Crippen LogP contribution is -2.62. The highest BCUT2D eigenvalue weighted by atomic mass is 16.2. The molecule has 0 aliphatic carbocycles. The Morgan fingerprint density at radius 3 is 2.60 bits per heavy atom. The van der Waals surface area contributed by atoms with Gasteiger partial charge in [0.05, 0.1) is 0 Å². The highest BCUT2D eigenvalue weighted by Gasteiger charge is 2.41. The molecule has 2 saturated heterocycles. The summed E-state index contributed by atoms with van der Waals surface area (Å²) in [5.74, 6) is 1.03. The zero-order valence-corrected chi connectivity index (χ0v) is 13.1. The van der Waals surface area contributed by atoms with Crippen LogP contribution in [0.2, 0.25) is 0 Å². The summed E-state index contributed by atoms with van der Waals surface area (Å²) < 4.78 is 0. The molecule has 0 N–H and O–H groups in total. The average Bonchev–Trinajstić information content (AvgIpc) is 2.42. The first-order valence-corrected chi connectivity index (χ1v) is 8.10. The first-order valence-electron chi connectivity index (χ1n) is 8.10. The van der Waals surface area contributed by atoms with Gasteiger partial charge in [-0.05, 0) is 38.5 Å². The van der Waals surface area contributed by atoms with E-state index in [-0.39, 0.29) is 30.4 Å². The third kappa shape index (κ3) is 3.33. The number of hydrogen-bond acceptors (Lipinski definition) is 2. The molecule has 2 rings (SSSR count). The fraction of sp³-hybridized carbons (Fsp3) is 0.875. The second kappa shape index (κ2) is 6.59. The molecule has 0 bridgehead atoms. The van der Waals surface area contributed by atoms with Gasteiger partial charge in [-0.2, -0.15) is 0 Å². The smallest absolute Gasteiger partial charge is 0.246 e. The normalized spacial score (nSPS) is 25.1. The summed E-state index contributed by atoms with van der Waals surface area (Å²) in [5, 5.41) is 0. The van der Waals surface area contributed by atoms with Crippen LogP contribution in [0.5, 0.6) is 0 Å². The molecule has 0 aromatic rings. The van der Waals surface area contributed by atoms with Gasteiger partial charge in [0.2, 0.25) is 11.8 Å². The summed E-state index contributed by atoms with van der Waals surface area (Å²) >= 11 is 0. The minimum atomic E-state index is -0.169. The third-order valence-electron chi connectivity index (χ3n) is 4.63. The number of piperazine rings is 1. The minimum Gasteiger partial charge on any atom is -0.329 e. The molecule has 2 atom stereocenters. The number of carbonyl (C=O) groups is 2. The first-order chi connectivity index (χ1) is 9.50. The van der Waals surface area contributed by atoms with Gasteiger partial charge in [-0.1, -0.05) is 26.7 Å². The zero-order valence-electron chi connectivity index (χ0n) is 13.1. The van der Waals surface area contributed by atoms with Crippen LogP contribution in [0.15, 0.2) is 0 Å². The molecule has 2 unspecified atom stereocenters. The van der Waals surface area contributed by atoms with Gasteiger partial charge in [-0.15, -0.1) is 0 Å². The zero-order chi connectivity index (χ0) is 14.7. The Morgan fingerprint density at radius 1 is 1.15 bits per heavy atom. The van der Waals surface area contributed by atoms with Gasteiger partial charge in [0.1, 0.15) is 12.6 Å². The molecule has 20 heavy (non-hydrogen) atoms. The summed E-state index contributed by atoms with van der Waals surface area (Å²) in [6.07, 6.45) is 6.28. The maximum atomic E-state index is 12.6. The molecule has 4 heteroatoms. The maximum absolute atomic E-state index is 12.6. The van der Waals surface area contributed by atoms with Crippen LogP contribution in [0.25, 0.3) is 0 Å². The standard InChI is InChI=1S/C16H28N2O2/c1-12(2)7-6-8-13(3)18-11-15(19)17-10-5-4-9-14(17)16(18)20/h12-14H,4-11H2,1-3H3. The number of hydrogen-bond donors (Lipinski definition) is 0. The van der Waals surface area contributed by atoms with Crippen LogP contribution in [0.3, 0.4) is 0 Å². The lowest BCUT2D eigenvalue weighted by atomic mass is 9.96. The monoisotopic (exact) mass is 280 g/mol. The highest BCUT2D eigenvalue weighted by Crippen LogP contribution is 2.25. The van der Waals surface area contributed by atoms with E-state index in [1.54, 1.807) is 0 Å². The molecule has 0 spiro atoms. The van der Waals surface area contributed by atoms with Crippen molar-refractivity contribution in [1.82, 2.24) is 9.80 Å². The largest absolute Gasteiger partial charge is 0.329 e. The Kier molecular flexibility index (Phi) is 5.06. The molecule has 0 aromatic heterocycles. The molecule has 2 fully saturated rings. The summed E-state index contributed by atoms with van der Waals surface area (Å²) in [6.45, 7) is 7.59. The fourth-order valence-electron chi connectivity index (χ4n) is 3.34. The van der Waals surface area contributed by atoms with Gasteiger partial charge in [0.15, 0.2) is 0 Å². The van der Waals surface area contributed by atoms with Crippen LogP contribution in [0.1, 0.15) is 59.3 Å². The molecule has 0 radical (unpaired) electrons. The summed E-state index contributed by atoms with van der Waals surface area (Å²) in [7, 11) is 0. The topological polar surface area (TPSA) is 40.6 Å². The van der Waals surface area contributed by atoms with Crippen molar-refractivity contribution in [2.24, 2.45) is 5.92 Å². The predicted molar refractivity (Wildman–Crippen MR) is 79.2 cm³/mol. The van der Waals surface area contributed by atoms with E-state index in [1.807, 2.05) is 9.80 Å². The van der Waals surface area contributed by atoms with Crippen LogP contribution in [0.4, 0.5) is 0 Å². The van der Waals surface area contributed by atoms with E-state index in [0.29, 0.717) is 5.92 Å². The van der Waals surface area contributed by atoms with E-state index < -0.39 is 0 Å². The lowest BCUT2D eigenvalue weighted by Gasteiger charge is -2.44. The molecule has 0 aromatic carbocycles. The van der Waals surface area contributed by atoms with E-state index in [2.05, 4.69) is 20.8 Å². The van der Waals surface area contributed by atoms with Gasteiger partial charge >= 0.3 is 0 Å². The van der Waals surface area contributed by atoms with Crippen LogP contribution in [-0.2, 0) is 9.59 Å². The number of fused-ring (bicyclic) bond motifs is 1. The van der Waals surface area contributed by atoms with E-state index in [9.17, 15) is 9.59 Å². The van der Waals surface area contributed by atoms with Crippen molar-refractivity contribution in [1.29, 1.82) is 0 Å². The van der Waals surface area contributed by atoms with Crippen LogP contribution in [-0.4, -0.2) is 46.8 Å². The SMILES string of the molecule is CC(C)CCCC(C)N1CC(=O)N2CCCCC2C1=O. The van der Waals surface area contributed by atoms with Gasteiger partial charge in [-0.3, -0.25) is 9.59 Å². The van der Waals surface area contributed by atoms with Crippen molar-refractivity contribution in [3.8, 4) is 0 Å². The lowest BCUT2D eigenvalue weighted by molar-refractivity contribution is -0.159. The van der Waals surface area contributed by atoms with E-state index in [1.165, 1.54) is 6.42 Å². The number of nitrogens with zero attached hydrogens (tertiary/aromatic N) is 2. The Labute approximate surface area is 122 Å². The molecule has 2 aliphatic rings. The second-order valence-corrected chi connectivity index (χ2v) is 6.74. The molecule has 2 aliphatic heterocycles. The Morgan fingerprint density at radius 2 is 1.90 bits per heavy atom. The number of carbonyl (C=O) groups excluding carboxylic acids is 2. The average molecular weight is 280 g/mol. The third-order valence-corrected chi connectivity index (χ3v) is 4.63. The molecule has 2 heterocycles. The van der Waals surface area contributed by atoms with Gasteiger partial charge in [0.25, 0.3) is 0 Å². The van der Waals surface area contributed by atoms with Gasteiger partial charge < -0.3 is 9.80 Å². The van der Waals surface area contributed by atoms with Crippen LogP contribution >= 0.6 is 0 Å². The minimum absolute atomic E-state index is 0.144. The second-order valence-electron chi connectivity index (χ2n) is 6.74. The molecule has 4 nitrogen and oxygen atoms in total. The van der Waals surface area contributed by atoms with Crippen molar-refractivity contribution < 1.29 is 9.59 Å². The number of rotatable bonds is 5. The number of amides is 2. The Hall–Kier alpha value is -1.06. The summed E-state index contributed by atoms with van der Waals surface area (Å²) in [6, 6.07) is 0.0202. The van der Waals surface area contributed by atoms with E-state index in [0.717, 1.165) is 38.6 Å². The van der Waals surface area contributed by atoms with E-state index in [4.69, 9.17) is 0 Å².